The molecule has 2 N–H and O–H groups in total. The molecule has 0 spiro atoms. The van der Waals surface area contributed by atoms with Crippen LogP contribution in [-0.2, 0) is 22.4 Å². The second-order valence-electron chi connectivity index (χ2n) is 18.4. The van der Waals surface area contributed by atoms with E-state index < -0.39 is 18.9 Å². The van der Waals surface area contributed by atoms with Crippen molar-refractivity contribution in [2.24, 2.45) is 0 Å². The van der Waals surface area contributed by atoms with Crippen molar-refractivity contribution >= 4 is 82.0 Å². The largest absolute Gasteiger partial charge is 0.737 e. The van der Waals surface area contributed by atoms with Crippen LogP contribution in [0.1, 0.15) is 108 Å². The first kappa shape index (κ1) is 51.1. The number of methoxy groups -OCH3 is 2. The van der Waals surface area contributed by atoms with Gasteiger partial charge in [0.05, 0.1) is 30.9 Å². The summed E-state index contributed by atoms with van der Waals surface area (Å²) in [6.45, 7) is -0.461. The molecule has 0 aliphatic carbocycles. The molecule has 5 heterocycles. The minimum absolute atomic E-state index is 0.273. The number of nitriles is 2. The van der Waals surface area contributed by atoms with E-state index in [0.717, 1.165) is 83.4 Å². The maximum Gasteiger partial charge on any atom is 0.737 e. The van der Waals surface area contributed by atoms with Crippen LogP contribution in [0.4, 0.5) is 8.63 Å². The lowest BCUT2D eigenvalue weighted by Crippen LogP contribution is -2.50. The van der Waals surface area contributed by atoms with Crippen LogP contribution in [0.25, 0.3) is 66.8 Å². The zero-order valence-corrected chi connectivity index (χ0v) is 43.1. The minimum atomic E-state index is -4.75. The Hall–Kier alpha value is -7.85. The molecule has 2 aliphatic rings. The minimum Gasteiger partial charge on any atom is -0.496 e. The number of ether oxygens (including phenoxy) is 2. The van der Waals surface area contributed by atoms with Gasteiger partial charge >= 0.3 is 18.9 Å². The molecule has 74 heavy (non-hydrogen) atoms. The Bertz CT molecular complexity index is 3600. The second kappa shape index (κ2) is 21.7. The molecular formula is C59H53BF2N4O6S2. The Kier molecular flexibility index (Phi) is 15.0. The van der Waals surface area contributed by atoms with Crippen LogP contribution in [0, 0.1) is 22.7 Å². The Morgan fingerprint density at radius 1 is 0.662 bits per heavy atom. The van der Waals surface area contributed by atoms with Gasteiger partial charge in [-0.2, -0.15) is 10.5 Å². The van der Waals surface area contributed by atoms with Crippen LogP contribution in [0.3, 0.4) is 0 Å². The smallest absolute Gasteiger partial charge is 0.496 e. The summed E-state index contributed by atoms with van der Waals surface area (Å²) >= 11 is 2.73. The van der Waals surface area contributed by atoms with E-state index in [0.29, 0.717) is 67.1 Å². The monoisotopic (exact) mass is 1030 g/mol. The van der Waals surface area contributed by atoms with E-state index in [1.54, 1.807) is 60.7 Å². The SMILES string of the molecule is CCCCCCc1cc(/C=C(/C#N)C(=O)O)sc1-c1ccc2c(c1)C1=Cc3c4cc(-c5sc(/C=C(/C#N)C(=O)O)cc5CCCCCC)ccc4c(-c4ccccc4OC)n3[B-](F)(F)[N+]1=C2c1ccccc1OC. The highest BCUT2D eigenvalue weighted by atomic mass is 32.1. The average Bonchev–Trinajstić information content (AvgIpc) is 4.18. The molecule has 0 unspecified atom stereocenters. The van der Waals surface area contributed by atoms with Gasteiger partial charge in [0.1, 0.15) is 34.8 Å². The highest BCUT2D eigenvalue weighted by Crippen LogP contribution is 2.50. The molecule has 0 saturated heterocycles. The first-order valence-corrected chi connectivity index (χ1v) is 26.5. The number of para-hydroxylation sites is 2. The fraction of sp³-hybridized carbons (Fsp3) is 0.237. The number of carboxylic acids is 2. The first-order chi connectivity index (χ1) is 35.9. The third kappa shape index (κ3) is 9.50. The molecule has 10 nitrogen and oxygen atoms in total. The van der Waals surface area contributed by atoms with Gasteiger partial charge in [-0.25, -0.2) is 9.59 Å². The van der Waals surface area contributed by atoms with Gasteiger partial charge in [0.25, 0.3) is 0 Å². The number of aliphatic carboxylic acids is 2. The number of carboxylic acid groups (broad SMARTS) is 2. The molecule has 0 atom stereocenters. The van der Waals surface area contributed by atoms with E-state index in [1.807, 2.05) is 54.6 Å². The third-order valence-electron chi connectivity index (χ3n) is 13.8. The van der Waals surface area contributed by atoms with Gasteiger partial charge in [-0.05, 0) is 115 Å². The van der Waals surface area contributed by atoms with E-state index in [2.05, 4.69) is 13.8 Å². The Labute approximate surface area is 436 Å². The van der Waals surface area contributed by atoms with Crippen molar-refractivity contribution in [1.29, 1.82) is 10.5 Å². The summed E-state index contributed by atoms with van der Waals surface area (Å²) < 4.78 is 52.1. The number of unbranched alkanes of at least 4 members (excludes halogenated alkanes) is 6. The third-order valence-corrected chi connectivity index (χ3v) is 16.1. The van der Waals surface area contributed by atoms with Crippen molar-refractivity contribution in [2.75, 3.05) is 14.2 Å². The van der Waals surface area contributed by atoms with Gasteiger partial charge in [-0.3, -0.25) is 0 Å². The molecule has 4 aromatic carbocycles. The number of hydrogen-bond donors (Lipinski definition) is 2. The molecule has 374 valence electrons. The number of halogens is 2. The van der Waals surface area contributed by atoms with Crippen LogP contribution < -0.4 is 9.47 Å². The van der Waals surface area contributed by atoms with Gasteiger partial charge in [-0.15, -0.1) is 22.7 Å². The summed E-state index contributed by atoms with van der Waals surface area (Å²) in [7, 11) is 3.04. The van der Waals surface area contributed by atoms with Gasteiger partial charge in [0.15, 0.2) is 11.4 Å². The normalized spacial score (nSPS) is 13.8. The lowest BCUT2D eigenvalue weighted by Gasteiger charge is -2.31. The molecule has 3 aromatic heterocycles. The van der Waals surface area contributed by atoms with Crippen LogP contribution >= 0.6 is 22.7 Å². The molecule has 15 heteroatoms. The maximum absolute atomic E-state index is 19.0. The molecule has 0 bridgehead atoms. The molecular weight excluding hydrogens is 974 g/mol. The van der Waals surface area contributed by atoms with E-state index >= 15 is 8.63 Å². The summed E-state index contributed by atoms with van der Waals surface area (Å²) in [5, 5.41) is 40.0. The van der Waals surface area contributed by atoms with E-state index in [1.165, 1.54) is 58.0 Å². The maximum atomic E-state index is 19.0. The van der Waals surface area contributed by atoms with E-state index in [-0.39, 0.29) is 33.9 Å². The predicted octanol–water partition coefficient (Wildman–Crippen LogP) is 14.6. The van der Waals surface area contributed by atoms with Crippen LogP contribution in [0.2, 0.25) is 0 Å². The molecule has 0 saturated carbocycles. The van der Waals surface area contributed by atoms with Crippen LogP contribution in [-0.4, -0.2) is 58.0 Å². The number of fused-ring (bicyclic) bond motifs is 6. The van der Waals surface area contributed by atoms with Gasteiger partial charge in [0, 0.05) is 53.3 Å². The van der Waals surface area contributed by atoms with E-state index in [4.69, 9.17) is 9.47 Å². The van der Waals surface area contributed by atoms with Crippen molar-refractivity contribution in [3.8, 4) is 55.8 Å². The zero-order chi connectivity index (χ0) is 52.3. The van der Waals surface area contributed by atoms with Crippen LogP contribution in [0.15, 0.2) is 108 Å². The van der Waals surface area contributed by atoms with Crippen molar-refractivity contribution in [3.05, 3.63) is 151 Å². The standard InChI is InChI=1S/C59H53BF2N4O6S2/c1-5-7-9-11-17-36-27-42(29-40(34-63)58(67)68)73-56(36)38-23-25-44-48(31-38)50-33-51-49-32-39(57-37(18-12-10-8-6-2)28-43(74-57)30-41(35-64)59(69)70)24-26-45(49)55(47-20-14-16-22-53(47)72-4)66(51)60(61,62)65(50)54(44)46-19-13-15-21-52(46)71-3/h13-16,19-33H,5-12,17-18H2,1-4H3,(H,67,68)(H,69,70)/b40-29-,41-30-. The van der Waals surface area contributed by atoms with Crippen molar-refractivity contribution in [1.82, 2.24) is 4.48 Å². The molecule has 0 amide bonds. The number of thiophene rings is 2. The van der Waals surface area contributed by atoms with Gasteiger partial charge < -0.3 is 37.3 Å². The molecule has 0 fully saturated rings. The van der Waals surface area contributed by atoms with Gasteiger partial charge in [0.2, 0.25) is 0 Å². The summed E-state index contributed by atoms with van der Waals surface area (Å²) in [6, 6.07) is 33.3. The van der Waals surface area contributed by atoms with Crippen molar-refractivity contribution in [2.45, 2.75) is 78.1 Å². The number of aromatic nitrogens is 1. The Morgan fingerprint density at radius 2 is 1.19 bits per heavy atom. The highest BCUT2D eigenvalue weighted by molar-refractivity contribution is 7.17. The van der Waals surface area contributed by atoms with Crippen LogP contribution in [0.5, 0.6) is 11.5 Å². The summed E-state index contributed by atoms with van der Waals surface area (Å²) in [5.41, 5.74) is 5.94. The summed E-state index contributed by atoms with van der Waals surface area (Å²) in [6.07, 6.45) is 14.0. The van der Waals surface area contributed by atoms with Crippen molar-refractivity contribution < 1.29 is 42.4 Å². The fourth-order valence-corrected chi connectivity index (χ4v) is 12.6. The second-order valence-corrected chi connectivity index (χ2v) is 20.6. The summed E-state index contributed by atoms with van der Waals surface area (Å²) in [5.74, 6) is -1.81. The highest BCUT2D eigenvalue weighted by Gasteiger charge is 2.56. The average molecular weight is 1030 g/mol. The lowest BCUT2D eigenvalue weighted by molar-refractivity contribution is -0.316. The summed E-state index contributed by atoms with van der Waals surface area (Å²) in [4.78, 5) is 26.9. The number of aryl methyl sites for hydroxylation is 2. The van der Waals surface area contributed by atoms with Crippen molar-refractivity contribution in [3.63, 3.8) is 0 Å². The number of rotatable bonds is 20. The zero-order valence-electron chi connectivity index (χ0n) is 41.5. The number of carbonyl (C=O) groups is 2. The predicted molar refractivity (Wildman–Crippen MR) is 293 cm³/mol. The molecule has 0 radical (unpaired) electrons. The molecule has 7 aromatic rings. The Balaban J connectivity index is 1.32. The van der Waals surface area contributed by atoms with E-state index in [9.17, 15) is 30.3 Å². The topological polar surface area (TPSA) is 149 Å². The quantitative estimate of drug-likeness (QED) is 0.0332. The first-order valence-electron chi connectivity index (χ1n) is 24.8. The fourth-order valence-electron chi connectivity index (χ4n) is 10.3. The number of hydrogen-bond acceptors (Lipinski definition) is 8. The molecule has 9 rings (SSSR count). The Morgan fingerprint density at radius 3 is 1.73 bits per heavy atom. The lowest BCUT2D eigenvalue weighted by atomic mass is 9.88. The number of benzene rings is 4. The number of nitrogens with zero attached hydrogens (tertiary/aromatic N) is 4. The van der Waals surface area contributed by atoms with Gasteiger partial charge in [-0.1, -0.05) is 94.8 Å². The molecule has 2 aliphatic heterocycles.